The van der Waals surface area contributed by atoms with Gasteiger partial charge in [0.2, 0.25) is 5.82 Å². The third-order valence-corrected chi connectivity index (χ3v) is 3.16. The summed E-state index contributed by atoms with van der Waals surface area (Å²) in [6, 6.07) is 5.35. The van der Waals surface area contributed by atoms with Gasteiger partial charge < -0.3 is 9.15 Å². The minimum Gasteiger partial charge on any atom is -0.467 e. The molecule has 0 atom stereocenters. The van der Waals surface area contributed by atoms with E-state index in [9.17, 15) is 4.79 Å². The highest BCUT2D eigenvalue weighted by atomic mass is 79.9. The van der Waals surface area contributed by atoms with E-state index in [-0.39, 0.29) is 12.4 Å². The molecule has 2 rings (SSSR count). The molecule has 0 aliphatic rings. The Kier molecular flexibility index (Phi) is 5.41. The number of aromatic nitrogens is 2. The lowest BCUT2D eigenvalue weighted by Gasteiger charge is -2.26. The van der Waals surface area contributed by atoms with Crippen LogP contribution in [-0.2, 0) is 11.3 Å². The van der Waals surface area contributed by atoms with Gasteiger partial charge in [0.25, 0.3) is 0 Å². The molecule has 2 heterocycles. The highest BCUT2D eigenvalue weighted by Gasteiger charge is 2.22. The minimum atomic E-state index is -0.655. The van der Waals surface area contributed by atoms with Crippen molar-refractivity contribution >= 4 is 27.8 Å². The third-order valence-electron chi connectivity index (χ3n) is 2.60. The normalized spacial score (nSPS) is 10.8. The average molecular weight is 394 g/mol. The van der Waals surface area contributed by atoms with Gasteiger partial charge in [0, 0.05) is 6.20 Å². The highest BCUT2D eigenvalue weighted by molar-refractivity contribution is 9.10. The zero-order chi connectivity index (χ0) is 17.7. The highest BCUT2D eigenvalue weighted by Crippen LogP contribution is 2.23. The Hall–Kier alpha value is -2.60. The minimum absolute atomic E-state index is 0.0244. The first-order chi connectivity index (χ1) is 11.3. The molecule has 0 saturated carbocycles. The molecule has 24 heavy (non-hydrogen) atoms. The first-order valence-corrected chi connectivity index (χ1v) is 7.80. The molecule has 8 nitrogen and oxygen atoms in total. The number of nitrogens with zero attached hydrogens (tertiary/aromatic N) is 4. The van der Waals surface area contributed by atoms with E-state index in [0.29, 0.717) is 16.1 Å². The van der Waals surface area contributed by atoms with Gasteiger partial charge >= 0.3 is 6.09 Å². The van der Waals surface area contributed by atoms with E-state index in [1.54, 1.807) is 32.9 Å². The van der Waals surface area contributed by atoms with E-state index < -0.39 is 11.7 Å². The lowest BCUT2D eigenvalue weighted by atomic mass is 10.2. The summed E-state index contributed by atoms with van der Waals surface area (Å²) in [5.74, 6) is 0.877. The Morgan fingerprint density at radius 2 is 2.29 bits per heavy atom. The summed E-state index contributed by atoms with van der Waals surface area (Å²) in [6.07, 6.45) is 2.31. The Morgan fingerprint density at radius 3 is 2.88 bits per heavy atom. The number of hydrogen-bond donors (Lipinski definition) is 1. The molecular weight excluding hydrogens is 378 g/mol. The second-order valence-corrected chi connectivity index (χ2v) is 6.61. The molecule has 0 aliphatic carbocycles. The van der Waals surface area contributed by atoms with Gasteiger partial charge in [-0.05, 0) is 48.8 Å². The smallest absolute Gasteiger partial charge is 0.426 e. The molecule has 1 N–H and O–H groups in total. The fourth-order valence-corrected chi connectivity index (χ4v) is 2.14. The molecule has 0 unspecified atom stereocenters. The van der Waals surface area contributed by atoms with Crippen molar-refractivity contribution in [3.8, 4) is 6.07 Å². The standard InChI is InChI=1S/C15H16BrN5O3/c1-15(2,3)24-14(22)20-21(9-10-5-4-6-23-10)13-11(16)8-18-12(7-17)19-13/h4-6,8H,9H2,1-3H3,(H,20,22). The summed E-state index contributed by atoms with van der Waals surface area (Å²) in [7, 11) is 0. The van der Waals surface area contributed by atoms with E-state index in [4.69, 9.17) is 14.4 Å². The Balaban J connectivity index is 2.29. The number of hydrogen-bond acceptors (Lipinski definition) is 7. The SMILES string of the molecule is CC(C)(C)OC(=O)NN(Cc1ccco1)c1nc(C#N)ncc1Br. The van der Waals surface area contributed by atoms with Gasteiger partial charge in [-0.15, -0.1) is 0 Å². The summed E-state index contributed by atoms with van der Waals surface area (Å²) in [6.45, 7) is 5.47. The van der Waals surface area contributed by atoms with Crippen molar-refractivity contribution in [1.82, 2.24) is 15.4 Å². The van der Waals surface area contributed by atoms with Crippen LogP contribution in [-0.4, -0.2) is 21.7 Å². The molecule has 1 amide bonds. The van der Waals surface area contributed by atoms with E-state index in [1.165, 1.54) is 17.5 Å². The molecular formula is C15H16BrN5O3. The molecule has 0 radical (unpaired) electrons. The van der Waals surface area contributed by atoms with Crippen LogP contribution < -0.4 is 10.4 Å². The van der Waals surface area contributed by atoms with Crippen LogP contribution in [0.3, 0.4) is 0 Å². The van der Waals surface area contributed by atoms with Crippen LogP contribution >= 0.6 is 15.9 Å². The maximum atomic E-state index is 12.1. The number of amides is 1. The summed E-state index contributed by atoms with van der Waals surface area (Å²) in [5, 5.41) is 10.4. The number of halogens is 1. The quantitative estimate of drug-likeness (QED) is 0.795. The van der Waals surface area contributed by atoms with E-state index in [1.807, 2.05) is 6.07 Å². The lowest BCUT2D eigenvalue weighted by Crippen LogP contribution is -2.45. The van der Waals surface area contributed by atoms with Crippen molar-refractivity contribution in [3.05, 3.63) is 40.7 Å². The van der Waals surface area contributed by atoms with E-state index in [2.05, 4.69) is 31.3 Å². The predicted molar refractivity (Wildman–Crippen MR) is 88.7 cm³/mol. The van der Waals surface area contributed by atoms with Crippen LogP contribution in [0.2, 0.25) is 0 Å². The van der Waals surface area contributed by atoms with Crippen molar-refractivity contribution in [2.45, 2.75) is 32.9 Å². The van der Waals surface area contributed by atoms with Crippen molar-refractivity contribution in [1.29, 1.82) is 5.26 Å². The van der Waals surface area contributed by atoms with Gasteiger partial charge in [-0.25, -0.2) is 15.2 Å². The number of carbonyl (C=O) groups is 1. The zero-order valence-corrected chi connectivity index (χ0v) is 15.0. The van der Waals surface area contributed by atoms with Gasteiger partial charge in [0.15, 0.2) is 5.82 Å². The molecule has 0 aromatic carbocycles. The molecule has 0 spiro atoms. The van der Waals surface area contributed by atoms with E-state index >= 15 is 0 Å². The molecule has 0 bridgehead atoms. The number of nitrogens with one attached hydrogen (secondary N) is 1. The fraction of sp³-hybridized carbons (Fsp3) is 0.333. The number of carbonyl (C=O) groups excluding carboxylic acids is 1. The molecule has 0 aliphatic heterocycles. The van der Waals surface area contributed by atoms with Gasteiger partial charge in [-0.3, -0.25) is 5.01 Å². The predicted octanol–water partition coefficient (Wildman–Crippen LogP) is 3.15. The van der Waals surface area contributed by atoms with Crippen LogP contribution in [0.15, 0.2) is 33.5 Å². The van der Waals surface area contributed by atoms with Gasteiger partial charge in [0.05, 0.1) is 17.3 Å². The number of anilines is 1. The average Bonchev–Trinajstić information content (AvgIpc) is 2.98. The zero-order valence-electron chi connectivity index (χ0n) is 13.4. The molecule has 0 fully saturated rings. The third kappa shape index (κ3) is 4.96. The summed E-state index contributed by atoms with van der Waals surface area (Å²) < 4.78 is 11.1. The topological polar surface area (TPSA) is 104 Å². The molecule has 2 aromatic heterocycles. The largest absolute Gasteiger partial charge is 0.467 e. The van der Waals surface area contributed by atoms with Crippen LogP contribution in [0.5, 0.6) is 0 Å². The molecule has 0 saturated heterocycles. The Morgan fingerprint density at radius 1 is 1.54 bits per heavy atom. The Bertz CT molecular complexity index is 749. The summed E-state index contributed by atoms with van der Waals surface area (Å²) in [4.78, 5) is 20.1. The summed E-state index contributed by atoms with van der Waals surface area (Å²) >= 11 is 3.32. The fourth-order valence-electron chi connectivity index (χ4n) is 1.74. The number of rotatable bonds is 4. The maximum Gasteiger partial charge on any atom is 0.426 e. The van der Waals surface area contributed by atoms with Crippen LogP contribution in [0.4, 0.5) is 10.6 Å². The van der Waals surface area contributed by atoms with Crippen molar-refractivity contribution in [2.75, 3.05) is 5.01 Å². The number of ether oxygens (including phenoxy) is 1. The van der Waals surface area contributed by atoms with Crippen molar-refractivity contribution in [3.63, 3.8) is 0 Å². The van der Waals surface area contributed by atoms with Crippen LogP contribution in [0, 0.1) is 11.3 Å². The maximum absolute atomic E-state index is 12.1. The number of nitriles is 1. The molecule has 2 aromatic rings. The second-order valence-electron chi connectivity index (χ2n) is 5.76. The number of furan rings is 1. The Labute approximate surface area is 147 Å². The number of hydrazine groups is 1. The summed E-state index contributed by atoms with van der Waals surface area (Å²) in [5.41, 5.74) is 1.95. The van der Waals surface area contributed by atoms with Crippen molar-refractivity contribution < 1.29 is 13.9 Å². The molecule has 9 heteroatoms. The monoisotopic (exact) mass is 393 g/mol. The second kappa shape index (κ2) is 7.31. The van der Waals surface area contributed by atoms with E-state index in [0.717, 1.165) is 0 Å². The van der Waals surface area contributed by atoms with Crippen LogP contribution in [0.25, 0.3) is 0 Å². The first kappa shape index (κ1) is 17.7. The van der Waals surface area contributed by atoms with Crippen molar-refractivity contribution in [2.24, 2.45) is 0 Å². The van der Waals surface area contributed by atoms with Crippen LogP contribution in [0.1, 0.15) is 32.4 Å². The van der Waals surface area contributed by atoms with Gasteiger partial charge in [0.1, 0.15) is 17.4 Å². The lowest BCUT2D eigenvalue weighted by molar-refractivity contribution is 0.0518. The molecule has 126 valence electrons. The first-order valence-electron chi connectivity index (χ1n) is 7.00. The van der Waals surface area contributed by atoms with Gasteiger partial charge in [-0.2, -0.15) is 10.2 Å². The van der Waals surface area contributed by atoms with Gasteiger partial charge in [-0.1, -0.05) is 0 Å².